The molecule has 2 aromatic carbocycles. The number of thioether (sulfide) groups is 1. The van der Waals surface area contributed by atoms with Crippen LogP contribution in [0.4, 0.5) is 0 Å². The van der Waals surface area contributed by atoms with E-state index >= 15 is 0 Å². The molecule has 0 aliphatic carbocycles. The Bertz CT molecular complexity index is 1350. The largest absolute Gasteiger partial charge is 0.404 e. The highest BCUT2D eigenvalue weighted by atomic mass is 32.2. The first-order chi connectivity index (χ1) is 17.1. The van der Waals surface area contributed by atoms with Crippen molar-refractivity contribution in [3.63, 3.8) is 0 Å². The van der Waals surface area contributed by atoms with Gasteiger partial charge >= 0.3 is 0 Å². The zero-order valence-corrected chi connectivity index (χ0v) is 21.1. The number of amides is 1. The van der Waals surface area contributed by atoms with Gasteiger partial charge in [0.1, 0.15) is 11.0 Å². The first kappa shape index (κ1) is 23.5. The van der Waals surface area contributed by atoms with Gasteiger partial charge in [0.15, 0.2) is 0 Å². The van der Waals surface area contributed by atoms with E-state index in [2.05, 4.69) is 46.6 Å². The van der Waals surface area contributed by atoms with Crippen LogP contribution in [0.1, 0.15) is 12.0 Å². The lowest BCUT2D eigenvalue weighted by Crippen LogP contribution is -2.37. The third-order valence-corrected chi connectivity index (χ3v) is 7.67. The third-order valence-electron chi connectivity index (χ3n) is 6.19. The van der Waals surface area contributed by atoms with Gasteiger partial charge in [0.05, 0.1) is 16.3 Å². The monoisotopic (exact) mass is 501 g/mol. The standard InChI is InChI=1S/C27H27N5OS2/c1-34-24(13-28)27(33)29-21-11-12-32(15-21)14-18-7-9-20(10-8-18)26-25(19-5-3-2-4-6-19)30-22-16-35-17-23(22)31-26/h2-10,13,16-17,21H,11-12,14-15,28H2,1H3,(H,29,33)/b24-13-/t21-/m1/s1. The minimum absolute atomic E-state index is 0.0888. The topological polar surface area (TPSA) is 84.1 Å². The molecule has 178 valence electrons. The molecule has 5 rings (SSSR count). The number of likely N-dealkylation sites (tertiary alicyclic amines) is 1. The molecule has 2 aromatic heterocycles. The Labute approximate surface area is 213 Å². The quantitative estimate of drug-likeness (QED) is 0.351. The molecule has 1 saturated heterocycles. The fourth-order valence-corrected chi connectivity index (χ4v) is 5.46. The van der Waals surface area contributed by atoms with Crippen molar-refractivity contribution in [2.45, 2.75) is 19.0 Å². The second-order valence-electron chi connectivity index (χ2n) is 8.56. The van der Waals surface area contributed by atoms with Crippen LogP contribution in [-0.2, 0) is 11.3 Å². The van der Waals surface area contributed by atoms with Crippen LogP contribution in [0.5, 0.6) is 0 Å². The van der Waals surface area contributed by atoms with Gasteiger partial charge in [-0.05, 0) is 18.2 Å². The molecular formula is C27H27N5OS2. The van der Waals surface area contributed by atoms with Crippen LogP contribution >= 0.6 is 23.1 Å². The average molecular weight is 502 g/mol. The molecular weight excluding hydrogens is 474 g/mol. The smallest absolute Gasteiger partial charge is 0.259 e. The molecule has 0 saturated carbocycles. The molecule has 0 spiro atoms. The minimum Gasteiger partial charge on any atom is -0.404 e. The number of carbonyl (C=O) groups is 1. The average Bonchev–Trinajstić information content (AvgIpc) is 3.54. The first-order valence-corrected chi connectivity index (χ1v) is 13.7. The number of benzene rings is 2. The highest BCUT2D eigenvalue weighted by Crippen LogP contribution is 2.32. The van der Waals surface area contributed by atoms with E-state index < -0.39 is 0 Å². The van der Waals surface area contributed by atoms with Gasteiger partial charge in [-0.1, -0.05) is 54.6 Å². The summed E-state index contributed by atoms with van der Waals surface area (Å²) in [5.41, 5.74) is 12.5. The number of thiophene rings is 1. The van der Waals surface area contributed by atoms with Crippen molar-refractivity contribution in [1.29, 1.82) is 0 Å². The summed E-state index contributed by atoms with van der Waals surface area (Å²) in [7, 11) is 0. The lowest BCUT2D eigenvalue weighted by Gasteiger charge is -2.17. The van der Waals surface area contributed by atoms with Gasteiger partial charge in [0, 0.05) is 53.8 Å². The summed E-state index contributed by atoms with van der Waals surface area (Å²) in [5.74, 6) is -0.0888. The summed E-state index contributed by atoms with van der Waals surface area (Å²) in [6.45, 7) is 2.62. The number of nitrogens with one attached hydrogen (secondary N) is 1. The number of aromatic nitrogens is 2. The van der Waals surface area contributed by atoms with Crippen LogP contribution in [0.25, 0.3) is 33.5 Å². The van der Waals surface area contributed by atoms with E-state index in [9.17, 15) is 4.79 Å². The van der Waals surface area contributed by atoms with Gasteiger partial charge in [-0.15, -0.1) is 23.1 Å². The maximum Gasteiger partial charge on any atom is 0.259 e. The van der Waals surface area contributed by atoms with Crippen LogP contribution in [0, 0.1) is 0 Å². The van der Waals surface area contributed by atoms with Gasteiger partial charge in [0.2, 0.25) is 0 Å². The number of hydrogen-bond donors (Lipinski definition) is 2. The second kappa shape index (κ2) is 10.6. The van der Waals surface area contributed by atoms with Crippen LogP contribution in [0.15, 0.2) is 76.5 Å². The predicted octanol–water partition coefficient (Wildman–Crippen LogP) is 4.88. The molecule has 3 N–H and O–H groups in total. The number of nitrogens with zero attached hydrogens (tertiary/aromatic N) is 3. The van der Waals surface area contributed by atoms with Crippen molar-refractivity contribution < 1.29 is 4.79 Å². The minimum atomic E-state index is -0.0888. The molecule has 1 atom stereocenters. The fourth-order valence-electron chi connectivity index (χ4n) is 4.41. The Kier molecular flexibility index (Phi) is 7.13. The van der Waals surface area contributed by atoms with Crippen molar-refractivity contribution in [3.8, 4) is 22.5 Å². The van der Waals surface area contributed by atoms with Gasteiger partial charge in [0.25, 0.3) is 5.91 Å². The molecule has 1 fully saturated rings. The lowest BCUT2D eigenvalue weighted by atomic mass is 10.0. The highest BCUT2D eigenvalue weighted by molar-refractivity contribution is 8.03. The van der Waals surface area contributed by atoms with Gasteiger partial charge in [-0.2, -0.15) is 0 Å². The molecule has 8 heteroatoms. The van der Waals surface area contributed by atoms with Crippen molar-refractivity contribution in [3.05, 3.63) is 82.0 Å². The van der Waals surface area contributed by atoms with Crippen LogP contribution < -0.4 is 11.1 Å². The number of carbonyl (C=O) groups excluding carboxylic acids is 1. The molecule has 1 amide bonds. The van der Waals surface area contributed by atoms with E-state index in [-0.39, 0.29) is 11.9 Å². The van der Waals surface area contributed by atoms with Gasteiger partial charge in [-0.3, -0.25) is 9.69 Å². The van der Waals surface area contributed by atoms with E-state index in [1.807, 2.05) is 35.2 Å². The summed E-state index contributed by atoms with van der Waals surface area (Å²) in [4.78, 5) is 25.1. The molecule has 1 aliphatic heterocycles. The molecule has 0 unspecified atom stereocenters. The van der Waals surface area contributed by atoms with Gasteiger partial charge in [-0.25, -0.2) is 9.97 Å². The predicted molar refractivity (Wildman–Crippen MR) is 146 cm³/mol. The molecule has 1 aliphatic rings. The second-order valence-corrected chi connectivity index (χ2v) is 10.1. The van der Waals surface area contributed by atoms with Crippen LogP contribution in [0.3, 0.4) is 0 Å². The van der Waals surface area contributed by atoms with E-state index in [4.69, 9.17) is 15.7 Å². The van der Waals surface area contributed by atoms with Crippen molar-refractivity contribution >= 4 is 40.0 Å². The maximum atomic E-state index is 12.3. The van der Waals surface area contributed by atoms with E-state index in [0.717, 1.165) is 59.6 Å². The molecule has 0 radical (unpaired) electrons. The summed E-state index contributed by atoms with van der Waals surface area (Å²) < 4.78 is 0. The summed E-state index contributed by atoms with van der Waals surface area (Å²) >= 11 is 2.99. The van der Waals surface area contributed by atoms with Crippen molar-refractivity contribution in [2.24, 2.45) is 5.73 Å². The number of rotatable bonds is 7. The SMILES string of the molecule is CS/C(=C\N)C(=O)N[C@@H]1CCN(Cc2ccc(-c3nc4cscc4nc3-c3ccccc3)cc2)C1. The van der Waals surface area contributed by atoms with Crippen LogP contribution in [-0.4, -0.2) is 46.2 Å². The molecule has 6 nitrogen and oxygen atoms in total. The summed E-state index contributed by atoms with van der Waals surface area (Å²) in [6.07, 6.45) is 4.17. The maximum absolute atomic E-state index is 12.3. The molecule has 4 aromatic rings. The van der Waals surface area contributed by atoms with Gasteiger partial charge < -0.3 is 11.1 Å². The zero-order chi connectivity index (χ0) is 24.2. The Balaban J connectivity index is 1.31. The Morgan fingerprint density at radius 3 is 2.37 bits per heavy atom. The third kappa shape index (κ3) is 5.24. The number of hydrogen-bond acceptors (Lipinski definition) is 7. The van der Waals surface area contributed by atoms with Crippen LogP contribution in [0.2, 0.25) is 0 Å². The summed E-state index contributed by atoms with van der Waals surface area (Å²) in [5, 5.41) is 7.19. The van der Waals surface area contributed by atoms with Crippen molar-refractivity contribution in [1.82, 2.24) is 20.2 Å². The van der Waals surface area contributed by atoms with E-state index in [1.54, 1.807) is 11.3 Å². The molecule has 0 bridgehead atoms. The van der Waals surface area contributed by atoms with E-state index in [0.29, 0.717) is 4.91 Å². The normalized spacial score (nSPS) is 16.6. The zero-order valence-electron chi connectivity index (χ0n) is 19.5. The Hall–Kier alpha value is -3.20. The van der Waals surface area contributed by atoms with Crippen molar-refractivity contribution in [2.75, 3.05) is 19.3 Å². The highest BCUT2D eigenvalue weighted by Gasteiger charge is 2.25. The molecule has 35 heavy (non-hydrogen) atoms. The number of nitrogens with two attached hydrogens (primary N) is 1. The number of fused-ring (bicyclic) bond motifs is 1. The molecule has 3 heterocycles. The Morgan fingerprint density at radius 1 is 1.09 bits per heavy atom. The lowest BCUT2D eigenvalue weighted by molar-refractivity contribution is -0.117. The fraction of sp³-hybridized carbons (Fsp3) is 0.222. The first-order valence-electron chi connectivity index (χ1n) is 11.5. The Morgan fingerprint density at radius 2 is 1.74 bits per heavy atom. The summed E-state index contributed by atoms with van der Waals surface area (Å²) in [6, 6.07) is 19.0. The van der Waals surface area contributed by atoms with E-state index in [1.165, 1.54) is 23.5 Å².